The Balaban J connectivity index is 2.39. The monoisotopic (exact) mass is 388 g/mol. The van der Waals surface area contributed by atoms with Crippen LogP contribution in [0.25, 0.3) is 0 Å². The second-order valence-electron chi connectivity index (χ2n) is 3.62. The van der Waals surface area contributed by atoms with Crippen molar-refractivity contribution < 1.29 is 19.0 Å². The number of benzene rings is 2. The average Bonchev–Trinajstić information content (AvgIpc) is 2.33. The Hall–Kier alpha value is -1.40. The molecule has 0 unspecified atom stereocenters. The Kier molecular flexibility index (Phi) is 4.21. The summed E-state index contributed by atoms with van der Waals surface area (Å²) in [6, 6.07) is 8.73. The summed E-state index contributed by atoms with van der Waals surface area (Å²) in [7, 11) is 0. The van der Waals surface area contributed by atoms with E-state index in [4.69, 9.17) is 9.84 Å². The second-order valence-corrected chi connectivity index (χ2v) is 5.39. The summed E-state index contributed by atoms with van der Waals surface area (Å²) in [6.45, 7) is 0. The lowest BCUT2D eigenvalue weighted by atomic mass is 10.2. The molecule has 6 heteroatoms. The summed E-state index contributed by atoms with van der Waals surface area (Å²) < 4.78 is 19.8. The molecule has 0 atom stereocenters. The van der Waals surface area contributed by atoms with Crippen LogP contribution in [0.1, 0.15) is 10.4 Å². The molecule has 1 N–H and O–H groups in total. The summed E-state index contributed by atoms with van der Waals surface area (Å²) in [5.41, 5.74) is 0.00604. The lowest BCUT2D eigenvalue weighted by Gasteiger charge is -2.09. The van der Waals surface area contributed by atoms with Gasteiger partial charge in [-0.1, -0.05) is 15.9 Å². The third kappa shape index (κ3) is 3.33. The van der Waals surface area contributed by atoms with Gasteiger partial charge in [-0.15, -0.1) is 0 Å². The molecule has 0 saturated heterocycles. The minimum atomic E-state index is -1.11. The lowest BCUT2D eigenvalue weighted by Crippen LogP contribution is -2.00. The van der Waals surface area contributed by atoms with Gasteiger partial charge in [0.1, 0.15) is 22.9 Å². The Morgan fingerprint density at radius 2 is 1.89 bits per heavy atom. The lowest BCUT2D eigenvalue weighted by molar-refractivity contribution is 0.0694. The Labute approximate surface area is 125 Å². The van der Waals surface area contributed by atoms with Crippen LogP contribution in [-0.4, -0.2) is 11.1 Å². The molecule has 3 nitrogen and oxygen atoms in total. The van der Waals surface area contributed by atoms with Gasteiger partial charge in [-0.25, -0.2) is 9.18 Å². The minimum absolute atomic E-state index is 0.00604. The summed E-state index contributed by atoms with van der Waals surface area (Å²) in [5, 5.41) is 9.06. The molecule has 0 heterocycles. The molecular formula is C13H7Br2FO3. The second kappa shape index (κ2) is 5.71. The van der Waals surface area contributed by atoms with Gasteiger partial charge in [-0.2, -0.15) is 0 Å². The highest BCUT2D eigenvalue weighted by Crippen LogP contribution is 2.30. The molecule has 0 aliphatic heterocycles. The molecule has 0 aliphatic rings. The third-order valence-corrected chi connectivity index (χ3v) is 3.43. The van der Waals surface area contributed by atoms with Crippen molar-refractivity contribution in [3.05, 3.63) is 56.7 Å². The maximum Gasteiger partial charge on any atom is 0.339 e. The number of hydrogen-bond donors (Lipinski definition) is 1. The van der Waals surface area contributed by atoms with Crippen LogP contribution in [0.2, 0.25) is 0 Å². The summed E-state index contributed by atoms with van der Waals surface area (Å²) >= 11 is 6.26. The van der Waals surface area contributed by atoms with E-state index in [1.165, 1.54) is 24.3 Å². The van der Waals surface area contributed by atoms with Crippen LogP contribution in [0.15, 0.2) is 45.3 Å². The first kappa shape index (κ1) is 14.0. The molecule has 2 aromatic carbocycles. The molecule has 0 saturated carbocycles. The van der Waals surface area contributed by atoms with Gasteiger partial charge >= 0.3 is 5.97 Å². The zero-order valence-electron chi connectivity index (χ0n) is 9.36. The zero-order valence-corrected chi connectivity index (χ0v) is 12.5. The molecule has 98 valence electrons. The summed E-state index contributed by atoms with van der Waals surface area (Å²) in [4.78, 5) is 11.1. The van der Waals surface area contributed by atoms with Crippen molar-refractivity contribution >= 4 is 37.8 Å². The smallest absolute Gasteiger partial charge is 0.339 e. The molecule has 0 amide bonds. The number of aromatic carboxylic acids is 1. The number of ether oxygens (including phenoxy) is 1. The van der Waals surface area contributed by atoms with Crippen molar-refractivity contribution in [3.63, 3.8) is 0 Å². The predicted molar refractivity (Wildman–Crippen MR) is 75.3 cm³/mol. The maximum atomic E-state index is 13.4. The number of rotatable bonds is 3. The van der Waals surface area contributed by atoms with Crippen LogP contribution in [0.3, 0.4) is 0 Å². The summed E-state index contributed by atoms with van der Waals surface area (Å²) in [5.74, 6) is -1.23. The molecule has 2 rings (SSSR count). The van der Waals surface area contributed by atoms with Gasteiger partial charge < -0.3 is 9.84 Å². The first-order valence-corrected chi connectivity index (χ1v) is 6.71. The van der Waals surface area contributed by atoms with Crippen molar-refractivity contribution in [1.82, 2.24) is 0 Å². The first-order valence-electron chi connectivity index (χ1n) is 5.13. The van der Waals surface area contributed by atoms with Gasteiger partial charge in [0.05, 0.1) is 4.47 Å². The molecule has 0 bridgehead atoms. The van der Waals surface area contributed by atoms with Crippen molar-refractivity contribution in [3.8, 4) is 11.5 Å². The number of hydrogen-bond acceptors (Lipinski definition) is 2. The van der Waals surface area contributed by atoms with E-state index >= 15 is 0 Å². The van der Waals surface area contributed by atoms with E-state index < -0.39 is 11.8 Å². The predicted octanol–water partition coefficient (Wildman–Crippen LogP) is 4.84. The largest absolute Gasteiger partial charge is 0.478 e. The van der Waals surface area contributed by atoms with Gasteiger partial charge in [-0.05, 0) is 46.3 Å². The van der Waals surface area contributed by atoms with E-state index in [0.717, 1.165) is 0 Å². The Morgan fingerprint density at radius 3 is 2.53 bits per heavy atom. The van der Waals surface area contributed by atoms with E-state index in [2.05, 4.69) is 31.9 Å². The molecule has 2 aromatic rings. The highest BCUT2D eigenvalue weighted by molar-refractivity contribution is 9.10. The average molecular weight is 390 g/mol. The van der Waals surface area contributed by atoms with E-state index in [0.29, 0.717) is 8.95 Å². The molecule has 0 fully saturated rings. The topological polar surface area (TPSA) is 46.5 Å². The fourth-order valence-corrected chi connectivity index (χ4v) is 2.01. The minimum Gasteiger partial charge on any atom is -0.478 e. The number of carboxylic acid groups (broad SMARTS) is 1. The van der Waals surface area contributed by atoms with Gasteiger partial charge in [0.2, 0.25) is 0 Å². The SMILES string of the molecule is O=C(O)c1ccc(Br)cc1Oc1ccc(Br)c(F)c1. The first-order chi connectivity index (χ1) is 8.97. The van der Waals surface area contributed by atoms with Gasteiger partial charge in [-0.3, -0.25) is 0 Å². The van der Waals surface area contributed by atoms with Crippen molar-refractivity contribution in [2.75, 3.05) is 0 Å². The summed E-state index contributed by atoms with van der Waals surface area (Å²) in [6.07, 6.45) is 0. The van der Waals surface area contributed by atoms with E-state index in [9.17, 15) is 9.18 Å². The highest BCUT2D eigenvalue weighted by atomic mass is 79.9. The fraction of sp³-hybridized carbons (Fsp3) is 0. The quantitative estimate of drug-likeness (QED) is 0.816. The van der Waals surface area contributed by atoms with Crippen LogP contribution >= 0.6 is 31.9 Å². The molecule has 19 heavy (non-hydrogen) atoms. The third-order valence-electron chi connectivity index (χ3n) is 2.29. The molecule has 0 radical (unpaired) electrons. The van der Waals surface area contributed by atoms with E-state index in [1.54, 1.807) is 12.1 Å². The van der Waals surface area contributed by atoms with Crippen LogP contribution in [-0.2, 0) is 0 Å². The molecule has 0 aromatic heterocycles. The van der Waals surface area contributed by atoms with Gasteiger partial charge in [0.15, 0.2) is 0 Å². The van der Waals surface area contributed by atoms with E-state index in [1.807, 2.05) is 0 Å². The number of halogens is 3. The van der Waals surface area contributed by atoms with Crippen LogP contribution in [0, 0.1) is 5.82 Å². The van der Waals surface area contributed by atoms with Crippen molar-refractivity contribution in [2.45, 2.75) is 0 Å². The number of carbonyl (C=O) groups is 1. The van der Waals surface area contributed by atoms with E-state index in [-0.39, 0.29) is 17.1 Å². The van der Waals surface area contributed by atoms with Crippen LogP contribution in [0.4, 0.5) is 4.39 Å². The molecular weight excluding hydrogens is 383 g/mol. The van der Waals surface area contributed by atoms with Gasteiger partial charge in [0, 0.05) is 10.5 Å². The fourth-order valence-electron chi connectivity index (χ4n) is 1.42. The Bertz CT molecular complexity index is 644. The van der Waals surface area contributed by atoms with Crippen LogP contribution < -0.4 is 4.74 Å². The zero-order chi connectivity index (χ0) is 14.0. The molecule has 0 aliphatic carbocycles. The normalized spacial score (nSPS) is 10.3. The standard InChI is InChI=1S/C13H7Br2FO3/c14-7-1-3-9(13(17)18)12(5-7)19-8-2-4-10(15)11(16)6-8/h1-6H,(H,17,18). The highest BCUT2D eigenvalue weighted by Gasteiger charge is 2.13. The van der Waals surface area contributed by atoms with Crippen molar-refractivity contribution in [1.29, 1.82) is 0 Å². The van der Waals surface area contributed by atoms with Crippen molar-refractivity contribution in [2.24, 2.45) is 0 Å². The Morgan fingerprint density at radius 1 is 1.16 bits per heavy atom. The van der Waals surface area contributed by atoms with Crippen LogP contribution in [0.5, 0.6) is 11.5 Å². The molecule has 0 spiro atoms. The maximum absolute atomic E-state index is 13.4. The number of carboxylic acids is 1. The van der Waals surface area contributed by atoms with Gasteiger partial charge in [0.25, 0.3) is 0 Å².